The highest BCUT2D eigenvalue weighted by atomic mass is 16.3. The Balaban J connectivity index is 2.02. The van der Waals surface area contributed by atoms with Gasteiger partial charge in [0, 0.05) is 14.1 Å². The standard InChI is InChI=1S/C13H17N3O2/c1-15(2)13(17)9-16(3)8-12-14-10-6-4-5-7-11(10)18-12/h4-7H,8-9H2,1-3H3. The number of hydrogen-bond acceptors (Lipinski definition) is 4. The van der Waals surface area contributed by atoms with E-state index in [1.54, 1.807) is 19.0 Å². The molecule has 96 valence electrons. The lowest BCUT2D eigenvalue weighted by atomic mass is 10.3. The highest BCUT2D eigenvalue weighted by Gasteiger charge is 2.12. The number of hydrogen-bond donors (Lipinski definition) is 0. The largest absolute Gasteiger partial charge is 0.439 e. The van der Waals surface area contributed by atoms with Crippen molar-refractivity contribution in [2.75, 3.05) is 27.7 Å². The zero-order chi connectivity index (χ0) is 13.1. The van der Waals surface area contributed by atoms with Crippen LogP contribution in [0.2, 0.25) is 0 Å². The van der Waals surface area contributed by atoms with E-state index in [2.05, 4.69) is 4.98 Å². The summed E-state index contributed by atoms with van der Waals surface area (Å²) in [7, 11) is 5.36. The lowest BCUT2D eigenvalue weighted by Crippen LogP contribution is -2.34. The summed E-state index contributed by atoms with van der Waals surface area (Å²) in [5, 5.41) is 0. The van der Waals surface area contributed by atoms with Gasteiger partial charge in [0.1, 0.15) is 5.52 Å². The van der Waals surface area contributed by atoms with Gasteiger partial charge in [-0.2, -0.15) is 0 Å². The number of oxazole rings is 1. The van der Waals surface area contributed by atoms with Gasteiger partial charge < -0.3 is 9.32 Å². The number of nitrogens with zero attached hydrogens (tertiary/aromatic N) is 3. The van der Waals surface area contributed by atoms with Crippen molar-refractivity contribution in [2.45, 2.75) is 6.54 Å². The van der Waals surface area contributed by atoms with Gasteiger partial charge in [0.2, 0.25) is 11.8 Å². The number of rotatable bonds is 4. The van der Waals surface area contributed by atoms with Crippen molar-refractivity contribution in [1.29, 1.82) is 0 Å². The molecule has 0 bridgehead atoms. The SMILES string of the molecule is CN(CC(=O)N(C)C)Cc1nc2ccccc2o1. The Morgan fingerprint density at radius 1 is 1.28 bits per heavy atom. The fourth-order valence-electron chi connectivity index (χ4n) is 1.65. The van der Waals surface area contributed by atoms with E-state index in [1.807, 2.05) is 36.2 Å². The molecular weight excluding hydrogens is 230 g/mol. The molecular formula is C13H17N3O2. The van der Waals surface area contributed by atoms with Crippen LogP contribution >= 0.6 is 0 Å². The molecule has 0 spiro atoms. The number of carbonyl (C=O) groups excluding carboxylic acids is 1. The zero-order valence-electron chi connectivity index (χ0n) is 10.9. The van der Waals surface area contributed by atoms with Crippen LogP contribution in [-0.4, -0.2) is 48.4 Å². The summed E-state index contributed by atoms with van der Waals surface area (Å²) in [5.41, 5.74) is 1.62. The van der Waals surface area contributed by atoms with E-state index >= 15 is 0 Å². The van der Waals surface area contributed by atoms with E-state index in [4.69, 9.17) is 4.42 Å². The first-order valence-corrected chi connectivity index (χ1v) is 5.79. The fraction of sp³-hybridized carbons (Fsp3) is 0.385. The van der Waals surface area contributed by atoms with Crippen LogP contribution in [0.3, 0.4) is 0 Å². The number of carbonyl (C=O) groups is 1. The molecule has 0 N–H and O–H groups in total. The summed E-state index contributed by atoms with van der Waals surface area (Å²) in [5.74, 6) is 0.693. The molecule has 0 radical (unpaired) electrons. The lowest BCUT2D eigenvalue weighted by molar-refractivity contribution is -0.129. The maximum absolute atomic E-state index is 11.5. The molecule has 5 heteroatoms. The van der Waals surface area contributed by atoms with Crippen LogP contribution < -0.4 is 0 Å². The highest BCUT2D eigenvalue weighted by Crippen LogP contribution is 2.15. The maximum Gasteiger partial charge on any atom is 0.236 e. The van der Waals surface area contributed by atoms with Crippen LogP contribution in [0.4, 0.5) is 0 Å². The minimum atomic E-state index is 0.0635. The molecule has 2 aromatic rings. The van der Waals surface area contributed by atoms with Crippen molar-refractivity contribution in [3.05, 3.63) is 30.2 Å². The van der Waals surface area contributed by atoms with Gasteiger partial charge in [-0.1, -0.05) is 12.1 Å². The normalized spacial score (nSPS) is 11.1. The number of aromatic nitrogens is 1. The topological polar surface area (TPSA) is 49.6 Å². The monoisotopic (exact) mass is 247 g/mol. The molecule has 1 amide bonds. The summed E-state index contributed by atoms with van der Waals surface area (Å²) in [6, 6.07) is 7.63. The van der Waals surface area contributed by atoms with Crippen molar-refractivity contribution in [1.82, 2.24) is 14.8 Å². The number of fused-ring (bicyclic) bond motifs is 1. The second kappa shape index (κ2) is 5.18. The van der Waals surface area contributed by atoms with Crippen LogP contribution in [-0.2, 0) is 11.3 Å². The number of benzene rings is 1. The Labute approximate surface area is 106 Å². The Hall–Kier alpha value is -1.88. The van der Waals surface area contributed by atoms with E-state index in [0.717, 1.165) is 11.1 Å². The van der Waals surface area contributed by atoms with E-state index in [0.29, 0.717) is 19.0 Å². The molecule has 0 unspecified atom stereocenters. The first kappa shape index (κ1) is 12.6. The van der Waals surface area contributed by atoms with Crippen LogP contribution in [0.15, 0.2) is 28.7 Å². The van der Waals surface area contributed by atoms with E-state index < -0.39 is 0 Å². The van der Waals surface area contributed by atoms with Crippen molar-refractivity contribution in [3.63, 3.8) is 0 Å². The van der Waals surface area contributed by atoms with Gasteiger partial charge in [0.25, 0.3) is 0 Å². The minimum Gasteiger partial charge on any atom is -0.439 e. The van der Waals surface area contributed by atoms with E-state index in [-0.39, 0.29) is 5.91 Å². The Kier molecular flexibility index (Phi) is 3.62. The average molecular weight is 247 g/mol. The number of likely N-dealkylation sites (N-methyl/N-ethyl adjacent to an activating group) is 2. The zero-order valence-corrected chi connectivity index (χ0v) is 10.9. The van der Waals surface area contributed by atoms with Gasteiger partial charge in [-0.15, -0.1) is 0 Å². The van der Waals surface area contributed by atoms with Crippen LogP contribution in [0.5, 0.6) is 0 Å². The summed E-state index contributed by atoms with van der Waals surface area (Å²) in [4.78, 5) is 19.4. The van der Waals surface area contributed by atoms with Crippen LogP contribution in [0.1, 0.15) is 5.89 Å². The molecule has 1 aromatic heterocycles. The molecule has 0 atom stereocenters. The average Bonchev–Trinajstić information content (AvgIpc) is 2.70. The highest BCUT2D eigenvalue weighted by molar-refractivity contribution is 5.77. The molecule has 18 heavy (non-hydrogen) atoms. The van der Waals surface area contributed by atoms with E-state index in [9.17, 15) is 4.79 Å². The molecule has 1 heterocycles. The smallest absolute Gasteiger partial charge is 0.236 e. The molecule has 1 aromatic carbocycles. The lowest BCUT2D eigenvalue weighted by Gasteiger charge is -2.17. The summed E-state index contributed by atoms with van der Waals surface area (Å²) < 4.78 is 5.60. The van der Waals surface area contributed by atoms with Gasteiger partial charge in [-0.25, -0.2) is 4.98 Å². The van der Waals surface area contributed by atoms with Crippen molar-refractivity contribution in [2.24, 2.45) is 0 Å². The first-order chi connectivity index (χ1) is 8.56. The predicted molar refractivity (Wildman–Crippen MR) is 69.0 cm³/mol. The quantitative estimate of drug-likeness (QED) is 0.818. The molecule has 0 saturated carbocycles. The Bertz CT molecular complexity index is 515. The fourth-order valence-corrected chi connectivity index (χ4v) is 1.65. The van der Waals surface area contributed by atoms with Crippen molar-refractivity contribution in [3.8, 4) is 0 Å². The summed E-state index contributed by atoms with van der Waals surface area (Å²) in [6.45, 7) is 0.875. The molecule has 0 aliphatic heterocycles. The third-order valence-corrected chi connectivity index (χ3v) is 2.65. The maximum atomic E-state index is 11.5. The molecule has 2 rings (SSSR count). The van der Waals surface area contributed by atoms with Crippen LogP contribution in [0.25, 0.3) is 11.1 Å². The molecule has 0 aliphatic rings. The number of para-hydroxylation sites is 2. The third-order valence-electron chi connectivity index (χ3n) is 2.65. The Morgan fingerprint density at radius 2 is 2.00 bits per heavy atom. The van der Waals surface area contributed by atoms with E-state index in [1.165, 1.54) is 0 Å². The molecule has 0 saturated heterocycles. The van der Waals surface area contributed by atoms with Gasteiger partial charge in [0.05, 0.1) is 13.1 Å². The van der Waals surface area contributed by atoms with Crippen molar-refractivity contribution < 1.29 is 9.21 Å². The summed E-state index contributed by atoms with van der Waals surface area (Å²) in [6.07, 6.45) is 0. The second-order valence-corrected chi connectivity index (χ2v) is 4.54. The van der Waals surface area contributed by atoms with Crippen molar-refractivity contribution >= 4 is 17.0 Å². The van der Waals surface area contributed by atoms with Gasteiger partial charge >= 0.3 is 0 Å². The molecule has 0 aliphatic carbocycles. The first-order valence-electron chi connectivity index (χ1n) is 5.79. The van der Waals surface area contributed by atoms with Gasteiger partial charge in [-0.05, 0) is 19.2 Å². The van der Waals surface area contributed by atoms with Gasteiger partial charge in [0.15, 0.2) is 5.58 Å². The summed E-state index contributed by atoms with van der Waals surface area (Å²) >= 11 is 0. The number of amides is 1. The van der Waals surface area contributed by atoms with Gasteiger partial charge in [-0.3, -0.25) is 9.69 Å². The predicted octanol–water partition coefficient (Wildman–Crippen LogP) is 1.35. The minimum absolute atomic E-state index is 0.0635. The third kappa shape index (κ3) is 2.87. The Morgan fingerprint density at radius 3 is 2.67 bits per heavy atom. The van der Waals surface area contributed by atoms with Crippen LogP contribution in [0, 0.1) is 0 Å². The molecule has 5 nitrogen and oxygen atoms in total. The second-order valence-electron chi connectivity index (χ2n) is 4.54. The molecule has 0 fully saturated rings.